The van der Waals surface area contributed by atoms with E-state index in [-0.39, 0.29) is 12.6 Å². The van der Waals surface area contributed by atoms with Crippen LogP contribution in [0.25, 0.3) is 0 Å². The van der Waals surface area contributed by atoms with E-state index in [0.717, 1.165) is 0 Å². The Kier molecular flexibility index (Phi) is 4.87. The topological polar surface area (TPSA) is 52.5 Å². The normalized spacial score (nSPS) is 14.2. The summed E-state index contributed by atoms with van der Waals surface area (Å²) in [6, 6.07) is 1.01. The highest BCUT2D eigenvalue weighted by Crippen LogP contribution is 2.37. The average molecular weight is 303 g/mol. The zero-order valence-electron chi connectivity index (χ0n) is 9.89. The van der Waals surface area contributed by atoms with Crippen LogP contribution in [-0.2, 0) is 12.4 Å². The van der Waals surface area contributed by atoms with Gasteiger partial charge in [-0.1, -0.05) is 0 Å². The Bertz CT molecular complexity index is 425. The first kappa shape index (κ1) is 16.6. The SMILES string of the molecule is OC[C@H](O)CNc1cc(C(F)(F)F)cc(C(F)(F)F)c1. The standard InChI is InChI=1S/C11H11F6NO2/c12-10(13,14)6-1-7(11(15,16)17)3-8(2-6)18-4-9(20)5-19/h1-3,9,18-20H,4-5H2/t9-/m1/s1. The molecule has 0 saturated heterocycles. The fraction of sp³-hybridized carbons (Fsp3) is 0.455. The van der Waals surface area contributed by atoms with Gasteiger partial charge in [0.05, 0.1) is 23.8 Å². The van der Waals surface area contributed by atoms with E-state index in [1.165, 1.54) is 0 Å². The molecule has 0 bridgehead atoms. The Morgan fingerprint density at radius 1 is 0.950 bits per heavy atom. The fourth-order valence-corrected chi connectivity index (χ4v) is 1.36. The molecule has 3 nitrogen and oxygen atoms in total. The van der Waals surface area contributed by atoms with Crippen molar-refractivity contribution in [1.29, 1.82) is 0 Å². The second-order valence-corrected chi connectivity index (χ2v) is 4.01. The number of aliphatic hydroxyl groups is 2. The van der Waals surface area contributed by atoms with Crippen LogP contribution >= 0.6 is 0 Å². The van der Waals surface area contributed by atoms with Crippen molar-refractivity contribution in [2.24, 2.45) is 0 Å². The van der Waals surface area contributed by atoms with Crippen molar-refractivity contribution in [1.82, 2.24) is 0 Å². The van der Waals surface area contributed by atoms with E-state index in [2.05, 4.69) is 5.32 Å². The summed E-state index contributed by atoms with van der Waals surface area (Å²) in [6.45, 7) is -1.05. The van der Waals surface area contributed by atoms with Gasteiger partial charge in [0.2, 0.25) is 0 Å². The molecule has 0 radical (unpaired) electrons. The van der Waals surface area contributed by atoms with Gasteiger partial charge in [-0.2, -0.15) is 26.3 Å². The lowest BCUT2D eigenvalue weighted by atomic mass is 10.1. The number of benzene rings is 1. The minimum Gasteiger partial charge on any atom is -0.394 e. The van der Waals surface area contributed by atoms with Crippen LogP contribution in [0.5, 0.6) is 0 Å². The van der Waals surface area contributed by atoms with Gasteiger partial charge in [0.1, 0.15) is 0 Å². The first-order chi connectivity index (χ1) is 9.04. The van der Waals surface area contributed by atoms with Gasteiger partial charge in [-0.15, -0.1) is 0 Å². The van der Waals surface area contributed by atoms with Crippen LogP contribution < -0.4 is 5.32 Å². The van der Waals surface area contributed by atoms with Crippen molar-refractivity contribution in [2.75, 3.05) is 18.5 Å². The van der Waals surface area contributed by atoms with E-state index >= 15 is 0 Å². The van der Waals surface area contributed by atoms with Gasteiger partial charge >= 0.3 is 12.4 Å². The van der Waals surface area contributed by atoms with Gasteiger partial charge in [-0.25, -0.2) is 0 Å². The molecule has 0 spiro atoms. The summed E-state index contributed by atoms with van der Waals surface area (Å²) in [4.78, 5) is 0. The molecule has 0 aliphatic heterocycles. The van der Waals surface area contributed by atoms with Crippen LogP contribution in [0.4, 0.5) is 32.0 Å². The van der Waals surface area contributed by atoms with Crippen molar-refractivity contribution < 1.29 is 36.6 Å². The van der Waals surface area contributed by atoms with Crippen molar-refractivity contribution >= 4 is 5.69 Å². The van der Waals surface area contributed by atoms with Crippen LogP contribution in [0.2, 0.25) is 0 Å². The predicted molar refractivity (Wildman–Crippen MR) is 58.0 cm³/mol. The van der Waals surface area contributed by atoms with Gasteiger partial charge in [0, 0.05) is 12.2 Å². The Morgan fingerprint density at radius 2 is 1.40 bits per heavy atom. The molecule has 114 valence electrons. The third-order valence-corrected chi connectivity index (χ3v) is 2.34. The largest absolute Gasteiger partial charge is 0.416 e. The summed E-state index contributed by atoms with van der Waals surface area (Å²) in [6.07, 6.45) is -11.1. The number of anilines is 1. The van der Waals surface area contributed by atoms with E-state index in [1.807, 2.05) is 0 Å². The number of rotatable bonds is 4. The molecule has 3 N–H and O–H groups in total. The molecule has 20 heavy (non-hydrogen) atoms. The maximum atomic E-state index is 12.5. The van der Waals surface area contributed by atoms with Gasteiger partial charge < -0.3 is 15.5 Å². The summed E-state index contributed by atoms with van der Waals surface area (Å²) < 4.78 is 75.1. The number of aliphatic hydroxyl groups excluding tert-OH is 2. The predicted octanol–water partition coefficient (Wildman–Crippen LogP) is 2.49. The highest BCUT2D eigenvalue weighted by molar-refractivity contribution is 5.50. The van der Waals surface area contributed by atoms with E-state index in [1.54, 1.807) is 0 Å². The third kappa shape index (κ3) is 4.57. The lowest BCUT2D eigenvalue weighted by molar-refractivity contribution is -0.143. The quantitative estimate of drug-likeness (QED) is 0.749. The average Bonchev–Trinajstić information content (AvgIpc) is 2.33. The Labute approximate surface area is 109 Å². The van der Waals surface area contributed by atoms with E-state index < -0.39 is 41.9 Å². The van der Waals surface area contributed by atoms with Gasteiger partial charge in [-0.05, 0) is 18.2 Å². The molecule has 0 aliphatic rings. The summed E-state index contributed by atoms with van der Waals surface area (Å²) in [5.41, 5.74) is -3.35. The van der Waals surface area contributed by atoms with E-state index in [0.29, 0.717) is 12.1 Å². The molecular weight excluding hydrogens is 292 g/mol. The van der Waals surface area contributed by atoms with Crippen LogP contribution in [0.15, 0.2) is 18.2 Å². The molecule has 0 fully saturated rings. The Balaban J connectivity index is 3.11. The zero-order valence-corrected chi connectivity index (χ0v) is 9.89. The number of nitrogens with one attached hydrogen (secondary N) is 1. The van der Waals surface area contributed by atoms with Crippen LogP contribution in [0.3, 0.4) is 0 Å². The molecule has 1 aromatic rings. The lowest BCUT2D eigenvalue weighted by Gasteiger charge is -2.16. The van der Waals surface area contributed by atoms with Crippen molar-refractivity contribution in [2.45, 2.75) is 18.5 Å². The molecule has 1 rings (SSSR count). The number of alkyl halides is 6. The highest BCUT2D eigenvalue weighted by Gasteiger charge is 2.36. The van der Waals surface area contributed by atoms with Gasteiger partial charge in [-0.3, -0.25) is 0 Å². The second-order valence-electron chi connectivity index (χ2n) is 4.01. The van der Waals surface area contributed by atoms with Crippen molar-refractivity contribution in [3.8, 4) is 0 Å². The lowest BCUT2D eigenvalue weighted by Crippen LogP contribution is -2.23. The molecule has 0 aliphatic carbocycles. The van der Waals surface area contributed by atoms with Crippen LogP contribution in [0.1, 0.15) is 11.1 Å². The van der Waals surface area contributed by atoms with E-state index in [4.69, 9.17) is 10.2 Å². The van der Waals surface area contributed by atoms with Crippen LogP contribution in [0, 0.1) is 0 Å². The Morgan fingerprint density at radius 3 is 1.75 bits per heavy atom. The van der Waals surface area contributed by atoms with Crippen molar-refractivity contribution in [3.05, 3.63) is 29.3 Å². The van der Waals surface area contributed by atoms with Gasteiger partial charge in [0.15, 0.2) is 0 Å². The van der Waals surface area contributed by atoms with Crippen molar-refractivity contribution in [3.63, 3.8) is 0 Å². The molecule has 0 aromatic heterocycles. The second kappa shape index (κ2) is 5.88. The smallest absolute Gasteiger partial charge is 0.394 e. The van der Waals surface area contributed by atoms with E-state index in [9.17, 15) is 26.3 Å². The molecule has 1 atom stereocenters. The highest BCUT2D eigenvalue weighted by atomic mass is 19.4. The molecule has 0 unspecified atom stereocenters. The molecule has 0 saturated carbocycles. The summed E-state index contributed by atoms with van der Waals surface area (Å²) in [5, 5.41) is 19.8. The third-order valence-electron chi connectivity index (χ3n) is 2.34. The maximum absolute atomic E-state index is 12.5. The molecule has 9 heteroatoms. The minimum absolute atomic E-state index is 0.00759. The monoisotopic (exact) mass is 303 g/mol. The van der Waals surface area contributed by atoms with Crippen LogP contribution in [-0.4, -0.2) is 29.5 Å². The number of hydrogen-bond donors (Lipinski definition) is 3. The first-order valence-electron chi connectivity index (χ1n) is 5.36. The number of hydrogen-bond acceptors (Lipinski definition) is 3. The Hall–Kier alpha value is -1.48. The maximum Gasteiger partial charge on any atom is 0.416 e. The summed E-state index contributed by atoms with van der Waals surface area (Å²) in [7, 11) is 0. The molecular formula is C11H11F6NO2. The summed E-state index contributed by atoms with van der Waals surface area (Å²) in [5.74, 6) is 0. The zero-order chi connectivity index (χ0) is 15.6. The molecule has 0 amide bonds. The minimum atomic E-state index is -4.92. The molecule has 1 aromatic carbocycles. The first-order valence-corrected chi connectivity index (χ1v) is 5.36. The summed E-state index contributed by atoms with van der Waals surface area (Å²) >= 11 is 0. The molecule has 0 heterocycles. The number of halogens is 6. The fourth-order valence-electron chi connectivity index (χ4n) is 1.36. The van der Waals surface area contributed by atoms with Gasteiger partial charge in [0.25, 0.3) is 0 Å².